The molecule has 30 heavy (non-hydrogen) atoms. The Morgan fingerprint density at radius 1 is 1.23 bits per heavy atom. The van der Waals surface area contributed by atoms with Gasteiger partial charge < -0.3 is 19.6 Å². The van der Waals surface area contributed by atoms with Crippen molar-refractivity contribution in [1.29, 1.82) is 0 Å². The molecule has 0 radical (unpaired) electrons. The van der Waals surface area contributed by atoms with Crippen LogP contribution in [-0.2, 0) is 23.3 Å². The Labute approximate surface area is 185 Å². The number of nitrogens with zero attached hydrogens (tertiary/aromatic N) is 1. The Morgan fingerprint density at radius 3 is 2.57 bits per heavy atom. The van der Waals surface area contributed by atoms with E-state index in [0.717, 1.165) is 11.8 Å². The van der Waals surface area contributed by atoms with Gasteiger partial charge in [0.15, 0.2) is 11.2 Å². The normalized spacial score (nSPS) is 12.0. The van der Waals surface area contributed by atoms with E-state index in [1.54, 1.807) is 19.9 Å². The molecule has 2 amide bonds. The summed E-state index contributed by atoms with van der Waals surface area (Å²) in [4.78, 5) is 51.6. The molecule has 1 aromatic heterocycles. The van der Waals surface area contributed by atoms with E-state index < -0.39 is 23.4 Å². The summed E-state index contributed by atoms with van der Waals surface area (Å²) in [6, 6.07) is 3.11. The number of rotatable bonds is 12. The maximum absolute atomic E-state index is 12.7. The van der Waals surface area contributed by atoms with Crippen LogP contribution in [0.5, 0.6) is 0 Å². The molecule has 0 saturated carbocycles. The number of aromatic nitrogens is 1. The van der Waals surface area contributed by atoms with Crippen LogP contribution in [0.15, 0.2) is 24.5 Å². The predicted molar refractivity (Wildman–Crippen MR) is 116 cm³/mol. The summed E-state index contributed by atoms with van der Waals surface area (Å²) in [5.41, 5.74) is -0.670. The Morgan fingerprint density at radius 2 is 1.97 bits per heavy atom. The van der Waals surface area contributed by atoms with Crippen molar-refractivity contribution in [3.05, 3.63) is 30.1 Å². The van der Waals surface area contributed by atoms with Gasteiger partial charge in [-0.1, -0.05) is 25.6 Å². The van der Waals surface area contributed by atoms with Crippen molar-refractivity contribution in [1.82, 2.24) is 15.6 Å². The van der Waals surface area contributed by atoms with Gasteiger partial charge in [0.1, 0.15) is 0 Å². The molecule has 0 spiro atoms. The number of thioether (sulfide) groups is 1. The van der Waals surface area contributed by atoms with Gasteiger partial charge in [-0.05, 0) is 25.0 Å². The van der Waals surface area contributed by atoms with Crippen molar-refractivity contribution < 1.29 is 28.1 Å². The summed E-state index contributed by atoms with van der Waals surface area (Å²) in [5.74, 6) is -1.03. The van der Waals surface area contributed by atoms with Gasteiger partial charge in [-0.15, -0.1) is 0 Å². The van der Waals surface area contributed by atoms with Crippen molar-refractivity contribution >= 4 is 47.6 Å². The van der Waals surface area contributed by atoms with E-state index in [1.807, 2.05) is 0 Å². The fraction of sp³-hybridized carbons (Fsp3) is 0.526. The minimum Gasteiger partial charge on any atom is -0.448 e. The average molecular weight is 458 g/mol. The third-order valence-corrected chi connectivity index (χ3v) is 4.83. The first-order valence-electron chi connectivity index (χ1n) is 9.22. The molecule has 2 N–H and O–H groups in total. The van der Waals surface area contributed by atoms with Crippen molar-refractivity contribution in [2.24, 2.45) is 5.41 Å². The molecule has 0 fully saturated rings. The fourth-order valence-electron chi connectivity index (χ4n) is 2.33. The van der Waals surface area contributed by atoms with Gasteiger partial charge in [0.25, 0.3) is 5.91 Å². The molecule has 1 unspecified atom stereocenters. The second kappa shape index (κ2) is 13.2. The van der Waals surface area contributed by atoms with Crippen molar-refractivity contribution in [2.75, 3.05) is 25.4 Å². The molecule has 1 atom stereocenters. The van der Waals surface area contributed by atoms with Crippen molar-refractivity contribution in [3.8, 4) is 0 Å². The van der Waals surface area contributed by atoms with E-state index in [2.05, 4.69) is 28.5 Å². The van der Waals surface area contributed by atoms with Crippen LogP contribution in [0.25, 0.3) is 0 Å². The highest BCUT2D eigenvalue weighted by molar-refractivity contribution is 8.13. The molecule has 9 nitrogen and oxygen atoms in total. The van der Waals surface area contributed by atoms with Crippen LogP contribution in [0.3, 0.4) is 0 Å². The maximum atomic E-state index is 12.7. The second-order valence-corrected chi connectivity index (χ2v) is 8.55. The molecule has 1 aromatic rings. The van der Waals surface area contributed by atoms with Crippen LogP contribution in [-0.4, -0.2) is 59.4 Å². The number of nitrogens with one attached hydrogen (secondary N) is 2. The number of carbonyl (C=O) groups is 4. The van der Waals surface area contributed by atoms with Gasteiger partial charge in [-0.2, -0.15) is 0 Å². The minimum atomic E-state index is -1.17. The highest BCUT2D eigenvalue weighted by Crippen LogP contribution is 2.26. The SMILES string of the molecule is CC(=O)SCCNC(=O)CCNC(=O)C(OC(=O)c1cccnc1)C(C)(C)COS. The second-order valence-electron chi connectivity index (χ2n) is 7.02. The zero-order valence-electron chi connectivity index (χ0n) is 17.2. The van der Waals surface area contributed by atoms with Crippen molar-refractivity contribution in [2.45, 2.75) is 33.3 Å². The monoisotopic (exact) mass is 457 g/mol. The Balaban J connectivity index is 2.62. The summed E-state index contributed by atoms with van der Waals surface area (Å²) in [7, 11) is 0. The minimum absolute atomic E-state index is 0.0174. The summed E-state index contributed by atoms with van der Waals surface area (Å²) in [6.45, 7) is 5.31. The van der Waals surface area contributed by atoms with Crippen molar-refractivity contribution in [3.63, 3.8) is 0 Å². The molecule has 0 aliphatic carbocycles. The first kappa shape index (κ1) is 25.9. The number of hydrogen-bond acceptors (Lipinski definition) is 9. The van der Waals surface area contributed by atoms with Gasteiger partial charge in [-0.3, -0.25) is 19.4 Å². The maximum Gasteiger partial charge on any atom is 0.340 e. The number of amides is 2. The van der Waals surface area contributed by atoms with E-state index in [-0.39, 0.29) is 36.2 Å². The molecule has 11 heteroatoms. The first-order valence-corrected chi connectivity index (χ1v) is 10.6. The van der Waals surface area contributed by atoms with Gasteiger partial charge in [-0.25, -0.2) is 4.79 Å². The highest BCUT2D eigenvalue weighted by Gasteiger charge is 2.39. The van der Waals surface area contributed by atoms with Crippen LogP contribution in [0.2, 0.25) is 0 Å². The Kier molecular flexibility index (Phi) is 11.4. The molecule has 0 aliphatic rings. The standard InChI is InChI=1S/C19H27N3O6S2/c1-13(23)30-10-9-21-15(24)6-8-22-17(25)16(19(2,3)12-27-29)28-18(26)14-5-4-7-20-11-14/h4-5,7,11,16,29H,6,8-10,12H2,1-3H3,(H,21,24)(H,22,25). The fourth-order valence-corrected chi connectivity index (χ4v) is 3.16. The topological polar surface area (TPSA) is 124 Å². The first-order chi connectivity index (χ1) is 14.2. The lowest BCUT2D eigenvalue weighted by Gasteiger charge is -2.31. The van der Waals surface area contributed by atoms with Crippen LogP contribution < -0.4 is 10.6 Å². The molecule has 166 valence electrons. The van der Waals surface area contributed by atoms with E-state index in [9.17, 15) is 19.2 Å². The zero-order valence-corrected chi connectivity index (χ0v) is 18.9. The van der Waals surface area contributed by atoms with Crippen LogP contribution in [0, 0.1) is 5.41 Å². The lowest BCUT2D eigenvalue weighted by molar-refractivity contribution is -0.137. The van der Waals surface area contributed by atoms with E-state index in [0.29, 0.717) is 12.3 Å². The molecule has 0 aliphatic heterocycles. The number of pyridine rings is 1. The lowest BCUT2D eigenvalue weighted by atomic mass is 9.86. The Bertz CT molecular complexity index is 730. The summed E-state index contributed by atoms with van der Waals surface area (Å²) < 4.78 is 10.3. The van der Waals surface area contributed by atoms with Gasteiger partial charge in [0, 0.05) is 50.0 Å². The third kappa shape index (κ3) is 9.59. The number of carbonyl (C=O) groups excluding carboxylic acids is 4. The lowest BCUT2D eigenvalue weighted by Crippen LogP contribution is -2.49. The largest absolute Gasteiger partial charge is 0.448 e. The summed E-state index contributed by atoms with van der Waals surface area (Å²) in [5, 5.41) is 5.25. The smallest absolute Gasteiger partial charge is 0.340 e. The zero-order chi connectivity index (χ0) is 22.6. The van der Waals surface area contributed by atoms with Crippen LogP contribution in [0.4, 0.5) is 0 Å². The summed E-state index contributed by atoms with van der Waals surface area (Å²) >= 11 is 4.85. The third-order valence-electron chi connectivity index (χ3n) is 3.89. The Hall–Kier alpha value is -2.11. The molecule has 0 saturated heterocycles. The van der Waals surface area contributed by atoms with Gasteiger partial charge >= 0.3 is 5.97 Å². The molecule has 0 bridgehead atoms. The van der Waals surface area contributed by atoms with Crippen LogP contribution >= 0.6 is 24.7 Å². The number of hydrogen-bond donors (Lipinski definition) is 3. The predicted octanol–water partition coefficient (Wildman–Crippen LogP) is 1.40. The number of esters is 1. The highest BCUT2D eigenvalue weighted by atomic mass is 32.2. The molecule has 1 heterocycles. The van der Waals surface area contributed by atoms with Gasteiger partial charge in [0.2, 0.25) is 5.91 Å². The van der Waals surface area contributed by atoms with Crippen LogP contribution in [0.1, 0.15) is 37.6 Å². The van der Waals surface area contributed by atoms with E-state index >= 15 is 0 Å². The molecule has 1 rings (SSSR count). The van der Waals surface area contributed by atoms with E-state index in [1.165, 1.54) is 25.4 Å². The molecule has 0 aromatic carbocycles. The molecular weight excluding hydrogens is 430 g/mol. The number of thiol groups is 1. The number of ether oxygens (including phenoxy) is 1. The van der Waals surface area contributed by atoms with Gasteiger partial charge in [0.05, 0.1) is 12.2 Å². The molecular formula is C19H27N3O6S2. The summed E-state index contributed by atoms with van der Waals surface area (Å²) in [6.07, 6.45) is 1.73. The van der Waals surface area contributed by atoms with E-state index in [4.69, 9.17) is 8.92 Å². The average Bonchev–Trinajstić information content (AvgIpc) is 2.69. The quantitative estimate of drug-likeness (QED) is 0.186.